The molecule has 0 aliphatic heterocycles. The van der Waals surface area contributed by atoms with Crippen molar-refractivity contribution in [2.24, 2.45) is 5.73 Å². The number of amides is 1. The van der Waals surface area contributed by atoms with Crippen molar-refractivity contribution in [1.82, 2.24) is 10.3 Å². The van der Waals surface area contributed by atoms with Crippen LogP contribution in [-0.2, 0) is 12.0 Å². The van der Waals surface area contributed by atoms with Crippen LogP contribution in [0.1, 0.15) is 53.2 Å². The maximum absolute atomic E-state index is 12.5. The van der Waals surface area contributed by atoms with Gasteiger partial charge < -0.3 is 15.8 Å². The zero-order chi connectivity index (χ0) is 17.7. The molecule has 1 heterocycles. The Kier molecular flexibility index (Phi) is 7.43. The molecule has 2 aromatic rings. The number of halogens is 1. The van der Waals surface area contributed by atoms with E-state index in [-0.39, 0.29) is 23.7 Å². The van der Waals surface area contributed by atoms with E-state index in [1.54, 1.807) is 12.5 Å². The molecule has 0 unspecified atom stereocenters. The van der Waals surface area contributed by atoms with Gasteiger partial charge >= 0.3 is 0 Å². The maximum Gasteiger partial charge on any atom is 0.270 e. The van der Waals surface area contributed by atoms with Gasteiger partial charge in [0.15, 0.2) is 0 Å². The second-order valence-electron chi connectivity index (χ2n) is 6.58. The fourth-order valence-electron chi connectivity index (χ4n) is 3.59. The van der Waals surface area contributed by atoms with Crippen molar-refractivity contribution in [2.45, 2.75) is 44.1 Å². The third-order valence-corrected chi connectivity index (χ3v) is 5.93. The van der Waals surface area contributed by atoms with Crippen molar-refractivity contribution in [3.05, 3.63) is 45.9 Å². The summed E-state index contributed by atoms with van der Waals surface area (Å²) in [6.45, 7) is 1.00. The zero-order valence-electron chi connectivity index (χ0n) is 15.0. The second kappa shape index (κ2) is 9.35. The molecule has 0 spiro atoms. The van der Waals surface area contributed by atoms with Gasteiger partial charge in [0.1, 0.15) is 16.5 Å². The summed E-state index contributed by atoms with van der Waals surface area (Å²) in [7, 11) is 1.68. The number of aromatic nitrogens is 1. The lowest BCUT2D eigenvalue weighted by Gasteiger charge is -2.38. The third kappa shape index (κ3) is 4.55. The van der Waals surface area contributed by atoms with E-state index >= 15 is 0 Å². The Morgan fingerprint density at radius 2 is 1.96 bits per heavy atom. The number of hydrogen-bond acceptors (Lipinski definition) is 5. The summed E-state index contributed by atoms with van der Waals surface area (Å²) in [5.74, 6) is 0.741. The smallest absolute Gasteiger partial charge is 0.270 e. The summed E-state index contributed by atoms with van der Waals surface area (Å²) in [5, 5.41) is 5.67. The summed E-state index contributed by atoms with van der Waals surface area (Å²) in [4.78, 5) is 16.7. The lowest BCUT2D eigenvalue weighted by atomic mass is 9.69. The molecular formula is C19H26ClN3O2S. The summed E-state index contributed by atoms with van der Waals surface area (Å²) in [5.41, 5.74) is 7.31. The van der Waals surface area contributed by atoms with Crippen molar-refractivity contribution >= 4 is 29.7 Å². The van der Waals surface area contributed by atoms with Crippen LogP contribution in [0.5, 0.6) is 5.75 Å². The van der Waals surface area contributed by atoms with E-state index < -0.39 is 0 Å². The monoisotopic (exact) mass is 395 g/mol. The van der Waals surface area contributed by atoms with E-state index in [2.05, 4.69) is 22.4 Å². The first-order chi connectivity index (χ1) is 12.2. The Morgan fingerprint density at radius 1 is 1.27 bits per heavy atom. The van der Waals surface area contributed by atoms with Crippen LogP contribution in [0.25, 0.3) is 0 Å². The van der Waals surface area contributed by atoms with E-state index in [1.807, 2.05) is 12.1 Å². The predicted octanol–water partition coefficient (Wildman–Crippen LogP) is 3.66. The zero-order valence-corrected chi connectivity index (χ0v) is 16.6. The Labute approximate surface area is 164 Å². The van der Waals surface area contributed by atoms with E-state index in [0.717, 1.165) is 23.6 Å². The molecule has 3 N–H and O–H groups in total. The highest BCUT2D eigenvalue weighted by Crippen LogP contribution is 2.39. The van der Waals surface area contributed by atoms with Gasteiger partial charge in [-0.05, 0) is 30.5 Å². The first-order valence-electron chi connectivity index (χ1n) is 8.74. The van der Waals surface area contributed by atoms with Gasteiger partial charge in [0.05, 0.1) is 7.11 Å². The second-order valence-corrected chi connectivity index (χ2v) is 7.53. The molecule has 1 aliphatic rings. The number of carbonyl (C=O) groups is 1. The number of methoxy groups -OCH3 is 1. The number of nitrogens with one attached hydrogen (secondary N) is 1. The first kappa shape index (κ1) is 20.7. The molecule has 1 fully saturated rings. The molecule has 1 aliphatic carbocycles. The van der Waals surface area contributed by atoms with E-state index in [4.69, 9.17) is 10.5 Å². The number of rotatable bonds is 6. The fourth-order valence-corrected chi connectivity index (χ4v) is 4.24. The highest BCUT2D eigenvalue weighted by atomic mass is 35.5. The molecule has 0 saturated heterocycles. The number of thiazole rings is 1. The van der Waals surface area contributed by atoms with Crippen molar-refractivity contribution in [1.29, 1.82) is 0 Å². The van der Waals surface area contributed by atoms with Crippen LogP contribution < -0.4 is 15.8 Å². The van der Waals surface area contributed by atoms with Crippen LogP contribution in [0.4, 0.5) is 0 Å². The number of carbonyl (C=O) groups excluding carboxylic acids is 1. The SMILES string of the molecule is COc1ccc(C2(CNC(=O)c3csc(CN)n3)CCCCC2)cc1.Cl. The molecule has 7 heteroatoms. The molecule has 3 rings (SSSR count). The topological polar surface area (TPSA) is 77.2 Å². The maximum atomic E-state index is 12.5. The molecule has 0 radical (unpaired) electrons. The minimum absolute atomic E-state index is 0. The quantitative estimate of drug-likeness (QED) is 0.782. The number of nitrogens with two attached hydrogens (primary N) is 1. The summed E-state index contributed by atoms with van der Waals surface area (Å²) in [6, 6.07) is 8.26. The van der Waals surface area contributed by atoms with E-state index in [9.17, 15) is 4.79 Å². The Bertz CT molecular complexity index is 712. The molecular weight excluding hydrogens is 370 g/mol. The number of hydrogen-bond donors (Lipinski definition) is 2. The standard InChI is InChI=1S/C19H25N3O2S.ClH/c1-24-15-7-5-14(6-8-15)19(9-3-2-4-10-19)13-21-18(23)16-12-25-17(11-20)22-16;/h5-8,12H,2-4,9-11,13,20H2,1H3,(H,21,23);1H. The highest BCUT2D eigenvalue weighted by Gasteiger charge is 2.34. The largest absolute Gasteiger partial charge is 0.497 e. The van der Waals surface area contributed by atoms with Gasteiger partial charge in [-0.25, -0.2) is 4.98 Å². The van der Waals surface area contributed by atoms with Crippen LogP contribution in [0, 0.1) is 0 Å². The van der Waals surface area contributed by atoms with Gasteiger partial charge in [-0.1, -0.05) is 31.4 Å². The fraction of sp³-hybridized carbons (Fsp3) is 0.474. The summed E-state index contributed by atoms with van der Waals surface area (Å²) >= 11 is 1.43. The summed E-state index contributed by atoms with van der Waals surface area (Å²) in [6.07, 6.45) is 5.82. The van der Waals surface area contributed by atoms with Gasteiger partial charge in [0.2, 0.25) is 0 Å². The van der Waals surface area contributed by atoms with Gasteiger partial charge in [-0.3, -0.25) is 4.79 Å². The molecule has 142 valence electrons. The molecule has 0 bridgehead atoms. The molecule has 1 aromatic carbocycles. The van der Waals surface area contributed by atoms with Crippen LogP contribution in [0.3, 0.4) is 0 Å². The predicted molar refractivity (Wildman–Crippen MR) is 107 cm³/mol. The van der Waals surface area contributed by atoms with Crippen LogP contribution in [-0.4, -0.2) is 24.5 Å². The average Bonchev–Trinajstić information content (AvgIpc) is 3.16. The van der Waals surface area contributed by atoms with Crippen molar-refractivity contribution in [3.63, 3.8) is 0 Å². The summed E-state index contributed by atoms with van der Waals surface area (Å²) < 4.78 is 5.27. The number of nitrogens with zero attached hydrogens (tertiary/aromatic N) is 1. The van der Waals surface area contributed by atoms with Gasteiger partial charge in [-0.2, -0.15) is 0 Å². The first-order valence-corrected chi connectivity index (χ1v) is 9.62. The average molecular weight is 396 g/mol. The van der Waals surface area contributed by atoms with Crippen LogP contribution in [0.2, 0.25) is 0 Å². The molecule has 1 saturated carbocycles. The lowest BCUT2D eigenvalue weighted by molar-refractivity contribution is 0.0932. The minimum Gasteiger partial charge on any atom is -0.497 e. The minimum atomic E-state index is -0.116. The molecule has 1 amide bonds. The van der Waals surface area contributed by atoms with Crippen molar-refractivity contribution in [3.8, 4) is 5.75 Å². The van der Waals surface area contributed by atoms with E-state index in [1.165, 1.54) is 36.2 Å². The van der Waals surface area contributed by atoms with Crippen LogP contribution in [0.15, 0.2) is 29.6 Å². The van der Waals surface area contributed by atoms with Gasteiger partial charge in [0, 0.05) is 23.9 Å². The molecule has 26 heavy (non-hydrogen) atoms. The van der Waals surface area contributed by atoms with Crippen molar-refractivity contribution in [2.75, 3.05) is 13.7 Å². The Morgan fingerprint density at radius 3 is 2.54 bits per heavy atom. The van der Waals surface area contributed by atoms with Crippen molar-refractivity contribution < 1.29 is 9.53 Å². The van der Waals surface area contributed by atoms with Gasteiger partial charge in [-0.15, -0.1) is 23.7 Å². The Balaban J connectivity index is 0.00000243. The van der Waals surface area contributed by atoms with Crippen LogP contribution >= 0.6 is 23.7 Å². The molecule has 0 atom stereocenters. The molecule has 1 aromatic heterocycles. The lowest BCUT2D eigenvalue weighted by Crippen LogP contribution is -2.42. The third-order valence-electron chi connectivity index (χ3n) is 5.06. The Hall–Kier alpha value is -1.63. The van der Waals surface area contributed by atoms with Gasteiger partial charge in [0.25, 0.3) is 5.91 Å². The molecule has 5 nitrogen and oxygen atoms in total. The number of benzene rings is 1. The normalized spacial score (nSPS) is 15.8. The van der Waals surface area contributed by atoms with E-state index in [0.29, 0.717) is 18.8 Å². The highest BCUT2D eigenvalue weighted by molar-refractivity contribution is 7.09. The number of ether oxygens (including phenoxy) is 1.